The number of carbonyl (C=O) groups is 2. The van der Waals surface area contributed by atoms with Gasteiger partial charge in [0.1, 0.15) is 0 Å². The standard InChI is InChI=1S/C25H29N5O3/c1-19-16-23(28-30(19)22-8-3-2-4-9-22)25(32)26-18-20-6-5-7-21(17-20)27-24(31)10-11-29-12-14-33-15-13-29/h2-9,16-17H,10-15,18H2,1H3,(H,26,32)(H,27,31). The van der Waals surface area contributed by atoms with Gasteiger partial charge in [0.25, 0.3) is 5.91 Å². The summed E-state index contributed by atoms with van der Waals surface area (Å²) in [4.78, 5) is 27.2. The Morgan fingerprint density at radius 3 is 2.61 bits per heavy atom. The van der Waals surface area contributed by atoms with E-state index in [1.807, 2.05) is 61.5 Å². The summed E-state index contributed by atoms with van der Waals surface area (Å²) in [7, 11) is 0. The SMILES string of the molecule is Cc1cc(C(=O)NCc2cccc(NC(=O)CCN3CCOCC3)c2)nn1-c1ccccc1. The fourth-order valence-electron chi connectivity index (χ4n) is 3.76. The Bertz CT molecular complexity index is 1090. The summed E-state index contributed by atoms with van der Waals surface area (Å²) in [6, 6.07) is 19.0. The number of benzene rings is 2. The molecule has 1 aliphatic heterocycles. The molecular weight excluding hydrogens is 418 g/mol. The summed E-state index contributed by atoms with van der Waals surface area (Å²) in [5, 5.41) is 10.3. The van der Waals surface area contributed by atoms with Gasteiger partial charge in [-0.1, -0.05) is 30.3 Å². The summed E-state index contributed by atoms with van der Waals surface area (Å²) in [6.07, 6.45) is 0.435. The van der Waals surface area contributed by atoms with E-state index in [0.717, 1.165) is 55.5 Å². The molecule has 172 valence electrons. The molecule has 0 atom stereocenters. The molecule has 0 spiro atoms. The molecular formula is C25H29N5O3. The van der Waals surface area contributed by atoms with Crippen molar-refractivity contribution in [1.82, 2.24) is 20.0 Å². The van der Waals surface area contributed by atoms with Crippen molar-refractivity contribution in [3.8, 4) is 5.69 Å². The molecule has 1 aromatic heterocycles. The number of carbonyl (C=O) groups excluding carboxylic acids is 2. The van der Waals surface area contributed by atoms with Crippen LogP contribution in [0.3, 0.4) is 0 Å². The Labute approximate surface area is 193 Å². The van der Waals surface area contributed by atoms with Gasteiger partial charge < -0.3 is 15.4 Å². The third-order valence-corrected chi connectivity index (χ3v) is 5.54. The number of ether oxygens (including phenoxy) is 1. The predicted octanol–water partition coefficient (Wildman–Crippen LogP) is 2.77. The molecule has 2 amide bonds. The van der Waals surface area contributed by atoms with Crippen LogP contribution in [0, 0.1) is 6.92 Å². The fourth-order valence-corrected chi connectivity index (χ4v) is 3.76. The zero-order valence-electron chi connectivity index (χ0n) is 18.8. The van der Waals surface area contributed by atoms with Gasteiger partial charge in [0.15, 0.2) is 5.69 Å². The number of nitrogens with zero attached hydrogens (tertiary/aromatic N) is 3. The van der Waals surface area contributed by atoms with Gasteiger partial charge in [0, 0.05) is 44.0 Å². The Balaban J connectivity index is 1.29. The molecule has 1 saturated heterocycles. The van der Waals surface area contributed by atoms with Gasteiger partial charge >= 0.3 is 0 Å². The highest BCUT2D eigenvalue weighted by Crippen LogP contribution is 2.14. The highest BCUT2D eigenvalue weighted by molar-refractivity contribution is 5.92. The molecule has 2 N–H and O–H groups in total. The number of hydrogen-bond donors (Lipinski definition) is 2. The van der Waals surface area contributed by atoms with Crippen molar-refractivity contribution in [2.75, 3.05) is 38.2 Å². The maximum atomic E-state index is 12.6. The Morgan fingerprint density at radius 1 is 1.03 bits per heavy atom. The number of amides is 2. The first-order valence-electron chi connectivity index (χ1n) is 11.2. The molecule has 0 unspecified atom stereocenters. The van der Waals surface area contributed by atoms with Crippen LogP contribution in [-0.2, 0) is 16.1 Å². The smallest absolute Gasteiger partial charge is 0.272 e. The Hall–Kier alpha value is -3.49. The average molecular weight is 448 g/mol. The molecule has 2 heterocycles. The minimum Gasteiger partial charge on any atom is -0.379 e. The van der Waals surface area contributed by atoms with Crippen molar-refractivity contribution in [3.05, 3.63) is 77.6 Å². The summed E-state index contributed by atoms with van der Waals surface area (Å²) >= 11 is 0. The van der Waals surface area contributed by atoms with Crippen molar-refractivity contribution in [2.45, 2.75) is 19.9 Å². The van der Waals surface area contributed by atoms with Crippen LogP contribution in [0.25, 0.3) is 5.69 Å². The van der Waals surface area contributed by atoms with E-state index in [9.17, 15) is 9.59 Å². The van der Waals surface area contributed by atoms with Gasteiger partial charge in [-0.15, -0.1) is 0 Å². The summed E-state index contributed by atoms with van der Waals surface area (Å²) in [6.45, 7) is 6.16. The summed E-state index contributed by atoms with van der Waals surface area (Å²) < 4.78 is 7.09. The number of anilines is 1. The van der Waals surface area contributed by atoms with E-state index in [0.29, 0.717) is 18.7 Å². The van der Waals surface area contributed by atoms with Crippen LogP contribution in [0.15, 0.2) is 60.7 Å². The number of morpholine rings is 1. The minimum absolute atomic E-state index is 0.0235. The Morgan fingerprint density at radius 2 is 1.82 bits per heavy atom. The zero-order chi connectivity index (χ0) is 23.0. The van der Waals surface area contributed by atoms with Gasteiger partial charge in [-0.3, -0.25) is 14.5 Å². The molecule has 8 heteroatoms. The molecule has 4 rings (SSSR count). The van der Waals surface area contributed by atoms with Crippen LogP contribution in [0.2, 0.25) is 0 Å². The van der Waals surface area contributed by atoms with E-state index in [4.69, 9.17) is 4.74 Å². The predicted molar refractivity (Wildman–Crippen MR) is 126 cm³/mol. The lowest BCUT2D eigenvalue weighted by Gasteiger charge is -2.26. The highest BCUT2D eigenvalue weighted by Gasteiger charge is 2.14. The third-order valence-electron chi connectivity index (χ3n) is 5.54. The second-order valence-corrected chi connectivity index (χ2v) is 8.05. The van der Waals surface area contributed by atoms with E-state index in [-0.39, 0.29) is 11.8 Å². The van der Waals surface area contributed by atoms with Crippen molar-refractivity contribution >= 4 is 17.5 Å². The van der Waals surface area contributed by atoms with Crippen molar-refractivity contribution in [2.24, 2.45) is 0 Å². The third kappa shape index (κ3) is 6.27. The van der Waals surface area contributed by atoms with Crippen molar-refractivity contribution in [1.29, 1.82) is 0 Å². The van der Waals surface area contributed by atoms with E-state index in [1.165, 1.54) is 0 Å². The first kappa shape index (κ1) is 22.7. The van der Waals surface area contributed by atoms with Crippen molar-refractivity contribution in [3.63, 3.8) is 0 Å². The lowest BCUT2D eigenvalue weighted by atomic mass is 10.2. The van der Waals surface area contributed by atoms with Crippen LogP contribution in [0.4, 0.5) is 5.69 Å². The van der Waals surface area contributed by atoms with Crippen LogP contribution in [0.1, 0.15) is 28.2 Å². The topological polar surface area (TPSA) is 88.5 Å². The highest BCUT2D eigenvalue weighted by atomic mass is 16.5. The van der Waals surface area contributed by atoms with Crippen LogP contribution >= 0.6 is 0 Å². The van der Waals surface area contributed by atoms with Gasteiger partial charge in [0.2, 0.25) is 5.91 Å². The molecule has 0 bridgehead atoms. The monoisotopic (exact) mass is 447 g/mol. The molecule has 8 nitrogen and oxygen atoms in total. The maximum Gasteiger partial charge on any atom is 0.272 e. The van der Waals surface area contributed by atoms with E-state index < -0.39 is 0 Å². The number of hydrogen-bond acceptors (Lipinski definition) is 5. The first-order chi connectivity index (χ1) is 16.1. The normalized spacial score (nSPS) is 14.1. The number of para-hydroxylation sites is 1. The van der Waals surface area contributed by atoms with Crippen LogP contribution < -0.4 is 10.6 Å². The molecule has 1 fully saturated rings. The molecule has 33 heavy (non-hydrogen) atoms. The molecule has 3 aromatic rings. The van der Waals surface area contributed by atoms with E-state index in [1.54, 1.807) is 10.7 Å². The minimum atomic E-state index is -0.243. The van der Waals surface area contributed by atoms with Gasteiger partial charge in [-0.2, -0.15) is 5.10 Å². The lowest BCUT2D eigenvalue weighted by molar-refractivity contribution is -0.116. The van der Waals surface area contributed by atoms with Gasteiger partial charge in [-0.05, 0) is 42.8 Å². The number of aromatic nitrogens is 2. The van der Waals surface area contributed by atoms with Crippen molar-refractivity contribution < 1.29 is 14.3 Å². The molecule has 0 aliphatic carbocycles. The molecule has 2 aromatic carbocycles. The first-order valence-corrected chi connectivity index (χ1v) is 11.2. The number of aryl methyl sites for hydroxylation is 1. The quantitative estimate of drug-likeness (QED) is 0.554. The Kier molecular flexibility index (Phi) is 7.49. The second kappa shape index (κ2) is 10.9. The summed E-state index contributed by atoms with van der Waals surface area (Å²) in [5.41, 5.74) is 3.77. The summed E-state index contributed by atoms with van der Waals surface area (Å²) in [5.74, 6) is -0.266. The fraction of sp³-hybridized carbons (Fsp3) is 0.320. The second-order valence-electron chi connectivity index (χ2n) is 8.05. The number of rotatable bonds is 8. The zero-order valence-corrected chi connectivity index (χ0v) is 18.8. The van der Waals surface area contributed by atoms with Crippen LogP contribution in [-0.4, -0.2) is 59.3 Å². The van der Waals surface area contributed by atoms with E-state index >= 15 is 0 Å². The molecule has 0 radical (unpaired) electrons. The van der Waals surface area contributed by atoms with Gasteiger partial charge in [-0.25, -0.2) is 4.68 Å². The average Bonchev–Trinajstić information content (AvgIpc) is 3.24. The molecule has 1 aliphatic rings. The number of nitrogens with one attached hydrogen (secondary N) is 2. The van der Waals surface area contributed by atoms with Gasteiger partial charge in [0.05, 0.1) is 18.9 Å². The van der Waals surface area contributed by atoms with Crippen LogP contribution in [0.5, 0.6) is 0 Å². The largest absolute Gasteiger partial charge is 0.379 e. The van der Waals surface area contributed by atoms with E-state index in [2.05, 4.69) is 20.6 Å². The maximum absolute atomic E-state index is 12.6. The molecule has 0 saturated carbocycles. The lowest BCUT2D eigenvalue weighted by Crippen LogP contribution is -2.38.